The van der Waals surface area contributed by atoms with Gasteiger partial charge in [-0.15, -0.1) is 10.2 Å². The molecule has 0 saturated heterocycles. The summed E-state index contributed by atoms with van der Waals surface area (Å²) in [6.45, 7) is 0.129. The van der Waals surface area contributed by atoms with Crippen LogP contribution in [0.4, 0.5) is 5.69 Å². The van der Waals surface area contributed by atoms with Gasteiger partial charge in [-0.05, 0) is 31.0 Å². The molecule has 0 spiro atoms. The van der Waals surface area contributed by atoms with Crippen LogP contribution in [0.1, 0.15) is 25.7 Å². The first kappa shape index (κ1) is 21.4. The summed E-state index contributed by atoms with van der Waals surface area (Å²) in [5, 5.41) is 19.1. The third kappa shape index (κ3) is 5.86. The van der Waals surface area contributed by atoms with Crippen LogP contribution in [0.3, 0.4) is 0 Å². The molecule has 1 aromatic carbocycles. The molecule has 2 N–H and O–H groups in total. The van der Waals surface area contributed by atoms with Crippen molar-refractivity contribution in [2.45, 2.75) is 43.4 Å². The standard InChI is InChI=1S/C20H22ClN7O2S/c21-14-4-3-7-17(8-14)28-13-22-26-20(28)31-12-19(30)25-16-9-23-27(10-16)11-18(29)24-15-5-1-2-6-15/h3-4,7-10,13,15H,1-2,5-6,11-12H2,(H,24,29)(H,25,30). The third-order valence-electron chi connectivity index (χ3n) is 4.88. The Hall–Kier alpha value is -2.85. The van der Waals surface area contributed by atoms with Crippen LogP contribution in [0.25, 0.3) is 5.69 Å². The minimum absolute atomic E-state index is 0.0659. The monoisotopic (exact) mass is 459 g/mol. The maximum Gasteiger partial charge on any atom is 0.241 e. The zero-order chi connectivity index (χ0) is 21.6. The summed E-state index contributed by atoms with van der Waals surface area (Å²) >= 11 is 7.31. The molecule has 0 atom stereocenters. The highest BCUT2D eigenvalue weighted by molar-refractivity contribution is 7.99. The predicted octanol–water partition coefficient (Wildman–Crippen LogP) is 2.91. The summed E-state index contributed by atoms with van der Waals surface area (Å²) in [6.07, 6.45) is 9.15. The van der Waals surface area contributed by atoms with Gasteiger partial charge in [0.15, 0.2) is 5.16 Å². The summed E-state index contributed by atoms with van der Waals surface area (Å²) in [5.74, 6) is -0.128. The van der Waals surface area contributed by atoms with Gasteiger partial charge in [0.2, 0.25) is 11.8 Å². The first-order chi connectivity index (χ1) is 15.1. The molecule has 1 fully saturated rings. The summed E-state index contributed by atoms with van der Waals surface area (Å²) in [6, 6.07) is 7.58. The predicted molar refractivity (Wildman–Crippen MR) is 118 cm³/mol. The van der Waals surface area contributed by atoms with E-state index in [0.29, 0.717) is 15.9 Å². The van der Waals surface area contributed by atoms with Crippen LogP contribution in [0.2, 0.25) is 5.02 Å². The third-order valence-corrected chi connectivity index (χ3v) is 6.06. The van der Waals surface area contributed by atoms with E-state index in [4.69, 9.17) is 11.6 Å². The number of nitrogens with one attached hydrogen (secondary N) is 2. The molecular formula is C20H22ClN7O2S. The molecule has 0 aliphatic heterocycles. The second kappa shape index (κ2) is 9.97. The molecule has 0 radical (unpaired) electrons. The highest BCUT2D eigenvalue weighted by Gasteiger charge is 2.17. The highest BCUT2D eigenvalue weighted by Crippen LogP contribution is 2.22. The number of carbonyl (C=O) groups is 2. The summed E-state index contributed by atoms with van der Waals surface area (Å²) in [7, 11) is 0. The van der Waals surface area contributed by atoms with E-state index in [1.165, 1.54) is 22.6 Å². The Kier molecular flexibility index (Phi) is 6.88. The van der Waals surface area contributed by atoms with Crippen LogP contribution in [-0.2, 0) is 16.1 Å². The maximum absolute atomic E-state index is 12.3. The average molecular weight is 460 g/mol. The van der Waals surface area contributed by atoms with Crippen molar-refractivity contribution in [3.05, 3.63) is 48.0 Å². The quantitative estimate of drug-likeness (QED) is 0.501. The lowest BCUT2D eigenvalue weighted by molar-refractivity contribution is -0.122. The van der Waals surface area contributed by atoms with Crippen molar-refractivity contribution < 1.29 is 9.59 Å². The largest absolute Gasteiger partial charge is 0.352 e. The number of halogens is 1. The van der Waals surface area contributed by atoms with Gasteiger partial charge in [-0.1, -0.05) is 42.3 Å². The van der Waals surface area contributed by atoms with E-state index < -0.39 is 0 Å². The number of hydrogen-bond donors (Lipinski definition) is 2. The second-order valence-corrected chi connectivity index (χ2v) is 8.65. The van der Waals surface area contributed by atoms with E-state index >= 15 is 0 Å². The second-order valence-electron chi connectivity index (χ2n) is 7.28. The van der Waals surface area contributed by atoms with Crippen molar-refractivity contribution in [1.82, 2.24) is 29.9 Å². The fraction of sp³-hybridized carbons (Fsp3) is 0.350. The van der Waals surface area contributed by atoms with E-state index in [0.717, 1.165) is 31.4 Å². The lowest BCUT2D eigenvalue weighted by atomic mass is 10.2. The number of nitrogens with zero attached hydrogens (tertiary/aromatic N) is 5. The molecule has 3 aromatic rings. The number of hydrogen-bond acceptors (Lipinski definition) is 6. The lowest BCUT2D eigenvalue weighted by Crippen LogP contribution is -2.35. The average Bonchev–Trinajstić information content (AvgIpc) is 3.49. The van der Waals surface area contributed by atoms with Gasteiger partial charge in [-0.3, -0.25) is 18.8 Å². The molecule has 2 aromatic heterocycles. The number of rotatable bonds is 8. The molecule has 11 heteroatoms. The lowest BCUT2D eigenvalue weighted by Gasteiger charge is -2.11. The zero-order valence-electron chi connectivity index (χ0n) is 16.7. The number of aromatic nitrogens is 5. The molecule has 2 amide bonds. The fourth-order valence-electron chi connectivity index (χ4n) is 3.46. The molecular weight excluding hydrogens is 438 g/mol. The number of carbonyl (C=O) groups excluding carboxylic acids is 2. The van der Waals surface area contributed by atoms with Gasteiger partial charge in [-0.2, -0.15) is 5.10 Å². The van der Waals surface area contributed by atoms with Gasteiger partial charge in [0.05, 0.1) is 23.3 Å². The van der Waals surface area contributed by atoms with E-state index in [1.807, 2.05) is 12.1 Å². The van der Waals surface area contributed by atoms with Gasteiger partial charge in [0.25, 0.3) is 0 Å². The SMILES string of the molecule is O=C(CSc1nncn1-c1cccc(Cl)c1)Nc1cnn(CC(=O)NC2CCCC2)c1. The molecule has 1 saturated carbocycles. The van der Waals surface area contributed by atoms with Crippen LogP contribution in [0, 0.1) is 0 Å². The van der Waals surface area contributed by atoms with Crippen molar-refractivity contribution in [2.75, 3.05) is 11.1 Å². The Morgan fingerprint density at radius 1 is 1.23 bits per heavy atom. The van der Waals surface area contributed by atoms with E-state index in [-0.39, 0.29) is 30.2 Å². The van der Waals surface area contributed by atoms with Crippen molar-refractivity contribution in [1.29, 1.82) is 0 Å². The van der Waals surface area contributed by atoms with E-state index in [1.54, 1.807) is 29.2 Å². The van der Waals surface area contributed by atoms with Crippen LogP contribution in [-0.4, -0.2) is 48.2 Å². The van der Waals surface area contributed by atoms with Gasteiger partial charge in [0, 0.05) is 17.3 Å². The van der Waals surface area contributed by atoms with Gasteiger partial charge >= 0.3 is 0 Å². The van der Waals surface area contributed by atoms with E-state index in [2.05, 4.69) is 25.9 Å². The molecule has 0 bridgehead atoms. The van der Waals surface area contributed by atoms with Crippen molar-refractivity contribution in [2.24, 2.45) is 0 Å². The molecule has 4 rings (SSSR count). The Balaban J connectivity index is 1.27. The van der Waals surface area contributed by atoms with Crippen LogP contribution >= 0.6 is 23.4 Å². The summed E-state index contributed by atoms with van der Waals surface area (Å²) in [5.41, 5.74) is 1.35. The maximum atomic E-state index is 12.3. The summed E-state index contributed by atoms with van der Waals surface area (Å²) in [4.78, 5) is 24.5. The number of anilines is 1. The van der Waals surface area contributed by atoms with Crippen molar-refractivity contribution in [3.63, 3.8) is 0 Å². The number of amides is 2. The van der Waals surface area contributed by atoms with Gasteiger partial charge in [0.1, 0.15) is 12.9 Å². The van der Waals surface area contributed by atoms with Gasteiger partial charge < -0.3 is 10.6 Å². The van der Waals surface area contributed by atoms with Crippen molar-refractivity contribution in [3.8, 4) is 5.69 Å². The molecule has 0 unspecified atom stereocenters. The van der Waals surface area contributed by atoms with Crippen LogP contribution in [0.5, 0.6) is 0 Å². The molecule has 162 valence electrons. The molecule has 1 aliphatic rings. The molecule has 1 aliphatic carbocycles. The topological polar surface area (TPSA) is 107 Å². The minimum atomic E-state index is -0.208. The zero-order valence-corrected chi connectivity index (χ0v) is 18.3. The number of thioether (sulfide) groups is 1. The van der Waals surface area contributed by atoms with E-state index in [9.17, 15) is 9.59 Å². The molecule has 31 heavy (non-hydrogen) atoms. The van der Waals surface area contributed by atoms with Gasteiger partial charge in [-0.25, -0.2) is 0 Å². The Morgan fingerprint density at radius 2 is 2.06 bits per heavy atom. The Bertz CT molecular complexity index is 1060. The smallest absolute Gasteiger partial charge is 0.241 e. The molecule has 2 heterocycles. The Labute approximate surface area is 188 Å². The van der Waals surface area contributed by atoms with Crippen LogP contribution in [0.15, 0.2) is 48.1 Å². The highest BCUT2D eigenvalue weighted by atomic mass is 35.5. The normalized spacial score (nSPS) is 14.0. The number of benzene rings is 1. The Morgan fingerprint density at radius 3 is 2.87 bits per heavy atom. The first-order valence-electron chi connectivity index (χ1n) is 9.97. The fourth-order valence-corrected chi connectivity index (χ4v) is 4.37. The van der Waals surface area contributed by atoms with Crippen molar-refractivity contribution >= 4 is 40.9 Å². The first-order valence-corrected chi connectivity index (χ1v) is 11.3. The molecule has 9 nitrogen and oxygen atoms in total. The summed E-state index contributed by atoms with van der Waals surface area (Å²) < 4.78 is 3.29. The van der Waals surface area contributed by atoms with Crippen LogP contribution < -0.4 is 10.6 Å². The minimum Gasteiger partial charge on any atom is -0.352 e.